The SMILES string of the molecule is Cc1ccc(C(=O)c2cccn2CCOc2ccc3oc(C(=O)NC4(C(=O)O)CCCC4)cc3c2)cc1. The van der Waals surface area contributed by atoms with Crippen LogP contribution in [0, 0.1) is 6.92 Å². The topological polar surface area (TPSA) is 111 Å². The quantitative estimate of drug-likeness (QED) is 0.314. The Morgan fingerprint density at radius 2 is 1.81 bits per heavy atom. The molecule has 37 heavy (non-hydrogen) atoms. The number of aliphatic carboxylic acids is 1. The number of aryl methyl sites for hydroxylation is 1. The number of nitrogens with one attached hydrogen (secondary N) is 1. The van der Waals surface area contributed by atoms with Gasteiger partial charge in [0.1, 0.15) is 23.5 Å². The highest BCUT2D eigenvalue weighted by Crippen LogP contribution is 2.31. The molecule has 0 radical (unpaired) electrons. The highest BCUT2D eigenvalue weighted by Gasteiger charge is 2.43. The largest absolute Gasteiger partial charge is 0.492 e. The van der Waals surface area contributed by atoms with Gasteiger partial charge >= 0.3 is 5.97 Å². The Bertz CT molecular complexity index is 1460. The molecule has 8 nitrogen and oxygen atoms in total. The molecule has 0 saturated heterocycles. The number of ether oxygens (including phenoxy) is 1. The number of aromatic nitrogens is 1. The Morgan fingerprint density at radius 1 is 1.05 bits per heavy atom. The van der Waals surface area contributed by atoms with Gasteiger partial charge in [-0.25, -0.2) is 4.79 Å². The van der Waals surface area contributed by atoms with E-state index in [0.29, 0.717) is 54.0 Å². The minimum atomic E-state index is -1.23. The van der Waals surface area contributed by atoms with Crippen LogP contribution < -0.4 is 10.1 Å². The van der Waals surface area contributed by atoms with Gasteiger partial charge in [-0.15, -0.1) is 0 Å². The predicted octanol–water partition coefficient (Wildman–Crippen LogP) is 4.98. The van der Waals surface area contributed by atoms with Gasteiger partial charge in [0.2, 0.25) is 5.78 Å². The molecule has 1 saturated carbocycles. The Labute approximate surface area is 213 Å². The van der Waals surface area contributed by atoms with Gasteiger partial charge in [-0.1, -0.05) is 42.7 Å². The minimum absolute atomic E-state index is 0.0436. The van der Waals surface area contributed by atoms with Gasteiger partial charge in [0.05, 0.1) is 12.2 Å². The van der Waals surface area contributed by atoms with Crippen LogP contribution in [0.3, 0.4) is 0 Å². The lowest BCUT2D eigenvalue weighted by molar-refractivity contribution is -0.144. The zero-order valence-electron chi connectivity index (χ0n) is 20.5. The number of carboxylic acid groups (broad SMARTS) is 1. The number of carbonyl (C=O) groups is 3. The van der Waals surface area contributed by atoms with E-state index in [0.717, 1.165) is 18.4 Å². The molecule has 2 N–H and O–H groups in total. The van der Waals surface area contributed by atoms with Gasteiger partial charge < -0.3 is 24.1 Å². The van der Waals surface area contributed by atoms with E-state index < -0.39 is 17.4 Å². The van der Waals surface area contributed by atoms with Crippen LogP contribution in [-0.2, 0) is 11.3 Å². The van der Waals surface area contributed by atoms with Crippen molar-refractivity contribution in [2.45, 2.75) is 44.7 Å². The first kappa shape index (κ1) is 24.4. The van der Waals surface area contributed by atoms with Gasteiger partial charge in [0.25, 0.3) is 5.91 Å². The Morgan fingerprint density at radius 3 is 2.54 bits per heavy atom. The first-order valence-electron chi connectivity index (χ1n) is 12.3. The number of fused-ring (bicyclic) bond motifs is 1. The molecule has 2 aromatic carbocycles. The fourth-order valence-corrected chi connectivity index (χ4v) is 4.80. The molecular weight excluding hydrogens is 472 g/mol. The second-order valence-corrected chi connectivity index (χ2v) is 9.49. The van der Waals surface area contributed by atoms with Crippen molar-refractivity contribution in [1.29, 1.82) is 0 Å². The maximum Gasteiger partial charge on any atom is 0.329 e. The first-order valence-corrected chi connectivity index (χ1v) is 12.3. The molecule has 8 heteroatoms. The molecule has 0 unspecified atom stereocenters. The lowest BCUT2D eigenvalue weighted by Crippen LogP contribution is -2.52. The summed E-state index contributed by atoms with van der Waals surface area (Å²) in [5, 5.41) is 13.0. The van der Waals surface area contributed by atoms with Crippen LogP contribution in [0.4, 0.5) is 0 Å². The summed E-state index contributed by atoms with van der Waals surface area (Å²) in [6.45, 7) is 2.80. The van der Waals surface area contributed by atoms with E-state index in [1.165, 1.54) is 0 Å². The van der Waals surface area contributed by atoms with Crippen molar-refractivity contribution in [2.24, 2.45) is 0 Å². The third-order valence-electron chi connectivity index (χ3n) is 6.91. The lowest BCUT2D eigenvalue weighted by atomic mass is 9.98. The summed E-state index contributed by atoms with van der Waals surface area (Å²) in [7, 11) is 0. The van der Waals surface area contributed by atoms with Crippen LogP contribution in [0.1, 0.15) is 57.9 Å². The number of rotatable bonds is 9. The summed E-state index contributed by atoms with van der Waals surface area (Å²) in [5.41, 5.74) is 1.60. The number of hydrogen-bond acceptors (Lipinski definition) is 5. The maximum absolute atomic E-state index is 12.9. The summed E-state index contributed by atoms with van der Waals surface area (Å²) in [4.78, 5) is 37.4. The second kappa shape index (κ2) is 9.97. The van der Waals surface area contributed by atoms with E-state index in [4.69, 9.17) is 9.15 Å². The molecule has 1 fully saturated rings. The fourth-order valence-electron chi connectivity index (χ4n) is 4.80. The lowest BCUT2D eigenvalue weighted by Gasteiger charge is -2.24. The molecule has 1 amide bonds. The molecule has 2 aromatic heterocycles. The van der Waals surface area contributed by atoms with Gasteiger partial charge in [-0.2, -0.15) is 0 Å². The summed E-state index contributed by atoms with van der Waals surface area (Å²) < 4.78 is 13.5. The van der Waals surface area contributed by atoms with Crippen molar-refractivity contribution in [1.82, 2.24) is 9.88 Å². The van der Waals surface area contributed by atoms with E-state index in [1.54, 1.807) is 30.3 Å². The van der Waals surface area contributed by atoms with E-state index in [-0.39, 0.29) is 11.5 Å². The number of carbonyl (C=O) groups excluding carboxylic acids is 2. The average molecular weight is 501 g/mol. The molecule has 4 aromatic rings. The average Bonchev–Trinajstić information content (AvgIpc) is 3.64. The zero-order valence-corrected chi connectivity index (χ0v) is 20.5. The number of amides is 1. The molecular formula is C29H28N2O6. The van der Waals surface area contributed by atoms with Crippen molar-refractivity contribution >= 4 is 28.6 Å². The molecule has 0 atom stereocenters. The Balaban J connectivity index is 1.23. The van der Waals surface area contributed by atoms with Crippen LogP contribution in [0.15, 0.2) is 71.3 Å². The maximum atomic E-state index is 12.9. The van der Waals surface area contributed by atoms with Gasteiger partial charge in [-0.05, 0) is 56.2 Å². The Kier molecular flexibility index (Phi) is 6.56. The monoisotopic (exact) mass is 500 g/mol. The molecule has 0 bridgehead atoms. The highest BCUT2D eigenvalue weighted by atomic mass is 16.5. The van der Waals surface area contributed by atoms with E-state index in [9.17, 15) is 19.5 Å². The van der Waals surface area contributed by atoms with Gasteiger partial charge in [0.15, 0.2) is 5.76 Å². The standard InChI is InChI=1S/C29H28N2O6/c1-19-6-8-20(9-7-19)26(32)23-5-4-14-31(23)15-16-36-22-10-11-24-21(17-22)18-25(37-24)27(33)30-29(28(34)35)12-2-3-13-29/h4-11,14,17-18H,2-3,12-13,15-16H2,1H3,(H,30,33)(H,34,35). The molecule has 0 spiro atoms. The predicted molar refractivity (Wildman–Crippen MR) is 137 cm³/mol. The van der Waals surface area contributed by atoms with Crippen molar-refractivity contribution in [3.8, 4) is 5.75 Å². The van der Waals surface area contributed by atoms with E-state index in [1.807, 2.05) is 48.0 Å². The summed E-state index contributed by atoms with van der Waals surface area (Å²) in [6, 6.07) is 18.0. The zero-order chi connectivity index (χ0) is 26.0. The molecule has 190 valence electrons. The van der Waals surface area contributed by atoms with Crippen molar-refractivity contribution in [2.75, 3.05) is 6.61 Å². The Hall–Kier alpha value is -4.33. The minimum Gasteiger partial charge on any atom is -0.492 e. The number of carboxylic acids is 1. The van der Waals surface area contributed by atoms with Crippen molar-refractivity contribution in [3.63, 3.8) is 0 Å². The number of nitrogens with zero attached hydrogens (tertiary/aromatic N) is 1. The molecule has 1 aliphatic rings. The fraction of sp³-hybridized carbons (Fsp3) is 0.276. The van der Waals surface area contributed by atoms with E-state index >= 15 is 0 Å². The van der Waals surface area contributed by atoms with Crippen LogP contribution >= 0.6 is 0 Å². The number of hydrogen-bond donors (Lipinski definition) is 2. The second-order valence-electron chi connectivity index (χ2n) is 9.49. The third kappa shape index (κ3) is 5.00. The smallest absolute Gasteiger partial charge is 0.329 e. The summed E-state index contributed by atoms with van der Waals surface area (Å²) in [5.74, 6) is -0.946. The molecule has 0 aliphatic heterocycles. The van der Waals surface area contributed by atoms with Gasteiger partial charge in [0, 0.05) is 17.1 Å². The first-order chi connectivity index (χ1) is 17.8. The normalized spacial score (nSPS) is 14.5. The third-order valence-corrected chi connectivity index (χ3v) is 6.91. The highest BCUT2D eigenvalue weighted by molar-refractivity contribution is 6.08. The van der Waals surface area contributed by atoms with Gasteiger partial charge in [-0.3, -0.25) is 9.59 Å². The van der Waals surface area contributed by atoms with Crippen molar-refractivity contribution in [3.05, 3.63) is 89.4 Å². The van der Waals surface area contributed by atoms with Crippen molar-refractivity contribution < 1.29 is 28.6 Å². The van der Waals surface area contributed by atoms with Crippen LogP contribution in [0.5, 0.6) is 5.75 Å². The van der Waals surface area contributed by atoms with E-state index in [2.05, 4.69) is 5.32 Å². The van der Waals surface area contributed by atoms with Crippen LogP contribution in [0.25, 0.3) is 11.0 Å². The molecule has 5 rings (SSSR count). The number of furan rings is 1. The number of ketones is 1. The van der Waals surface area contributed by atoms with Crippen LogP contribution in [-0.4, -0.2) is 39.5 Å². The summed E-state index contributed by atoms with van der Waals surface area (Å²) >= 11 is 0. The molecule has 2 heterocycles. The summed E-state index contributed by atoms with van der Waals surface area (Å²) in [6.07, 6.45) is 4.19. The number of benzene rings is 2. The molecule has 1 aliphatic carbocycles. The van der Waals surface area contributed by atoms with Crippen LogP contribution in [0.2, 0.25) is 0 Å².